The van der Waals surface area contributed by atoms with E-state index in [0.29, 0.717) is 12.0 Å². The quantitative estimate of drug-likeness (QED) is 0.794. The number of nitrogens with two attached hydrogens (primary N) is 1. The van der Waals surface area contributed by atoms with E-state index in [1.165, 1.54) is 6.07 Å². The molecule has 3 rings (SSSR count). The van der Waals surface area contributed by atoms with Gasteiger partial charge in [-0.05, 0) is 12.1 Å². The SMILES string of the molecule is Cn1nc(CC(N)c2ccccc2F)c2ccccc21. The molecule has 2 aromatic carbocycles. The van der Waals surface area contributed by atoms with Crippen LogP contribution in [0.1, 0.15) is 17.3 Å². The van der Waals surface area contributed by atoms with Crippen LogP contribution < -0.4 is 5.73 Å². The lowest BCUT2D eigenvalue weighted by molar-refractivity contribution is 0.576. The minimum absolute atomic E-state index is 0.264. The number of nitrogens with zero attached hydrogens (tertiary/aromatic N) is 2. The zero-order chi connectivity index (χ0) is 14.1. The second kappa shape index (κ2) is 5.06. The third-order valence-electron chi connectivity index (χ3n) is 3.55. The Labute approximate surface area is 116 Å². The first-order chi connectivity index (χ1) is 9.66. The van der Waals surface area contributed by atoms with E-state index in [4.69, 9.17) is 5.73 Å². The zero-order valence-electron chi connectivity index (χ0n) is 11.3. The van der Waals surface area contributed by atoms with Gasteiger partial charge in [-0.1, -0.05) is 36.4 Å². The average Bonchev–Trinajstić information content (AvgIpc) is 2.76. The van der Waals surface area contributed by atoms with Crippen molar-refractivity contribution in [2.75, 3.05) is 0 Å². The van der Waals surface area contributed by atoms with Crippen molar-refractivity contribution in [1.29, 1.82) is 0 Å². The number of fused-ring (bicyclic) bond motifs is 1. The highest BCUT2D eigenvalue weighted by atomic mass is 19.1. The van der Waals surface area contributed by atoms with Gasteiger partial charge in [0, 0.05) is 30.5 Å². The second-order valence-corrected chi connectivity index (χ2v) is 4.92. The summed E-state index contributed by atoms with van der Waals surface area (Å²) in [6, 6.07) is 14.2. The Morgan fingerprint density at radius 2 is 1.85 bits per heavy atom. The molecule has 1 atom stereocenters. The van der Waals surface area contributed by atoms with Crippen molar-refractivity contribution < 1.29 is 4.39 Å². The van der Waals surface area contributed by atoms with Crippen LogP contribution in [0.25, 0.3) is 10.9 Å². The summed E-state index contributed by atoms with van der Waals surface area (Å²) in [5.74, 6) is -0.264. The molecule has 0 aliphatic carbocycles. The van der Waals surface area contributed by atoms with Gasteiger partial charge in [0.05, 0.1) is 11.2 Å². The van der Waals surface area contributed by atoms with Crippen molar-refractivity contribution >= 4 is 10.9 Å². The summed E-state index contributed by atoms with van der Waals surface area (Å²) in [5, 5.41) is 5.57. The molecule has 1 heterocycles. The Bertz CT molecular complexity index is 748. The number of aromatic nitrogens is 2. The van der Waals surface area contributed by atoms with Crippen LogP contribution in [-0.2, 0) is 13.5 Å². The lowest BCUT2D eigenvalue weighted by Crippen LogP contribution is -2.15. The van der Waals surface area contributed by atoms with E-state index in [9.17, 15) is 4.39 Å². The Morgan fingerprint density at radius 1 is 1.15 bits per heavy atom. The van der Waals surface area contributed by atoms with Crippen molar-refractivity contribution in [2.24, 2.45) is 12.8 Å². The number of halogens is 1. The predicted octanol–water partition coefficient (Wildman–Crippen LogP) is 2.95. The van der Waals surface area contributed by atoms with Crippen LogP contribution in [0, 0.1) is 5.82 Å². The first kappa shape index (κ1) is 12.8. The molecule has 1 aromatic heterocycles. The van der Waals surface area contributed by atoms with E-state index < -0.39 is 6.04 Å². The maximum atomic E-state index is 13.8. The summed E-state index contributed by atoms with van der Waals surface area (Å²) in [5.41, 5.74) is 8.63. The molecular formula is C16H16FN3. The van der Waals surface area contributed by atoms with Gasteiger partial charge in [0.1, 0.15) is 5.82 Å². The van der Waals surface area contributed by atoms with Crippen LogP contribution in [0.3, 0.4) is 0 Å². The number of hydrogen-bond acceptors (Lipinski definition) is 2. The van der Waals surface area contributed by atoms with Gasteiger partial charge in [-0.25, -0.2) is 4.39 Å². The third-order valence-corrected chi connectivity index (χ3v) is 3.55. The highest BCUT2D eigenvalue weighted by molar-refractivity contribution is 5.81. The van der Waals surface area contributed by atoms with E-state index in [1.54, 1.807) is 18.2 Å². The summed E-state index contributed by atoms with van der Waals surface area (Å²) in [6.45, 7) is 0. The largest absolute Gasteiger partial charge is 0.324 e. The predicted molar refractivity (Wildman–Crippen MR) is 77.7 cm³/mol. The molecule has 1 unspecified atom stereocenters. The Kier molecular flexibility index (Phi) is 3.24. The molecule has 0 fully saturated rings. The van der Waals surface area contributed by atoms with Gasteiger partial charge < -0.3 is 5.73 Å². The van der Waals surface area contributed by atoms with Crippen LogP contribution in [0.15, 0.2) is 48.5 Å². The molecule has 2 N–H and O–H groups in total. The molecule has 0 saturated carbocycles. The molecule has 0 saturated heterocycles. The molecule has 3 nitrogen and oxygen atoms in total. The smallest absolute Gasteiger partial charge is 0.127 e. The summed E-state index contributed by atoms with van der Waals surface area (Å²) >= 11 is 0. The molecule has 102 valence electrons. The summed E-state index contributed by atoms with van der Waals surface area (Å²) in [4.78, 5) is 0. The fourth-order valence-electron chi connectivity index (χ4n) is 2.53. The van der Waals surface area contributed by atoms with Crippen LogP contribution in [0.4, 0.5) is 4.39 Å². The van der Waals surface area contributed by atoms with E-state index in [-0.39, 0.29) is 5.82 Å². The number of rotatable bonds is 3. The molecule has 0 amide bonds. The Balaban J connectivity index is 1.96. The van der Waals surface area contributed by atoms with Gasteiger partial charge in [-0.3, -0.25) is 4.68 Å². The molecule has 3 aromatic rings. The van der Waals surface area contributed by atoms with Gasteiger partial charge in [-0.2, -0.15) is 5.10 Å². The van der Waals surface area contributed by atoms with Gasteiger partial charge in [-0.15, -0.1) is 0 Å². The van der Waals surface area contributed by atoms with Crippen molar-refractivity contribution in [1.82, 2.24) is 9.78 Å². The minimum Gasteiger partial charge on any atom is -0.324 e. The molecule has 4 heteroatoms. The van der Waals surface area contributed by atoms with Crippen molar-refractivity contribution in [2.45, 2.75) is 12.5 Å². The standard InChI is InChI=1S/C16H16FN3/c1-20-16-9-5-3-7-12(16)15(19-20)10-14(18)11-6-2-4-8-13(11)17/h2-9,14H,10,18H2,1H3. The van der Waals surface area contributed by atoms with Crippen LogP contribution in [-0.4, -0.2) is 9.78 Å². The second-order valence-electron chi connectivity index (χ2n) is 4.92. The fourth-order valence-corrected chi connectivity index (χ4v) is 2.53. The maximum absolute atomic E-state index is 13.8. The lowest BCUT2D eigenvalue weighted by Gasteiger charge is -2.11. The number of hydrogen-bond donors (Lipinski definition) is 1. The fraction of sp³-hybridized carbons (Fsp3) is 0.188. The number of benzene rings is 2. The van der Waals surface area contributed by atoms with Gasteiger partial charge in [0.2, 0.25) is 0 Å². The van der Waals surface area contributed by atoms with Crippen molar-refractivity contribution in [3.63, 3.8) is 0 Å². The first-order valence-corrected chi connectivity index (χ1v) is 6.57. The molecule has 0 radical (unpaired) electrons. The molecule has 0 spiro atoms. The van der Waals surface area contributed by atoms with Crippen molar-refractivity contribution in [3.05, 3.63) is 65.6 Å². The topological polar surface area (TPSA) is 43.8 Å². The molecule has 0 aliphatic heterocycles. The highest BCUT2D eigenvalue weighted by Crippen LogP contribution is 2.23. The molecular weight excluding hydrogens is 253 g/mol. The molecule has 0 aliphatic rings. The highest BCUT2D eigenvalue weighted by Gasteiger charge is 2.15. The van der Waals surface area contributed by atoms with Gasteiger partial charge in [0.15, 0.2) is 0 Å². The van der Waals surface area contributed by atoms with Crippen LogP contribution >= 0.6 is 0 Å². The third kappa shape index (κ3) is 2.18. The average molecular weight is 269 g/mol. The first-order valence-electron chi connectivity index (χ1n) is 6.57. The lowest BCUT2D eigenvalue weighted by atomic mass is 10.0. The minimum atomic E-state index is -0.394. The van der Waals surface area contributed by atoms with Crippen molar-refractivity contribution in [3.8, 4) is 0 Å². The summed E-state index contributed by atoms with van der Waals surface area (Å²) < 4.78 is 15.6. The van der Waals surface area contributed by atoms with Gasteiger partial charge >= 0.3 is 0 Å². The zero-order valence-corrected chi connectivity index (χ0v) is 11.3. The van der Waals surface area contributed by atoms with Gasteiger partial charge in [0.25, 0.3) is 0 Å². The Morgan fingerprint density at radius 3 is 2.65 bits per heavy atom. The van der Waals surface area contributed by atoms with E-state index in [0.717, 1.165) is 16.6 Å². The summed E-state index contributed by atoms with van der Waals surface area (Å²) in [6.07, 6.45) is 0.516. The van der Waals surface area contributed by atoms with E-state index >= 15 is 0 Å². The Hall–Kier alpha value is -2.20. The monoisotopic (exact) mass is 269 g/mol. The number of aryl methyl sites for hydroxylation is 1. The normalized spacial score (nSPS) is 12.8. The number of para-hydroxylation sites is 1. The van der Waals surface area contributed by atoms with E-state index in [2.05, 4.69) is 5.10 Å². The maximum Gasteiger partial charge on any atom is 0.127 e. The summed E-state index contributed by atoms with van der Waals surface area (Å²) in [7, 11) is 1.90. The molecule has 20 heavy (non-hydrogen) atoms. The van der Waals surface area contributed by atoms with E-state index in [1.807, 2.05) is 36.0 Å². The van der Waals surface area contributed by atoms with Crippen LogP contribution in [0.5, 0.6) is 0 Å². The molecule has 0 bridgehead atoms. The van der Waals surface area contributed by atoms with Crippen LogP contribution in [0.2, 0.25) is 0 Å².